The van der Waals surface area contributed by atoms with E-state index in [1.807, 2.05) is 0 Å². The highest BCUT2D eigenvalue weighted by molar-refractivity contribution is 9.09. The van der Waals surface area contributed by atoms with Crippen molar-refractivity contribution in [3.8, 4) is 0 Å². The van der Waals surface area contributed by atoms with Gasteiger partial charge in [-0.05, 0) is 85.9 Å². The zero-order valence-corrected chi connectivity index (χ0v) is 15.6. The van der Waals surface area contributed by atoms with Crippen molar-refractivity contribution in [2.45, 2.75) is 82.2 Å². The zero-order chi connectivity index (χ0) is 15.7. The fraction of sp³-hybridized carbons (Fsp3) is 1.00. The fourth-order valence-electron chi connectivity index (χ4n) is 7.18. The largest absolute Gasteiger partial charge is 0.393 e. The lowest BCUT2D eigenvalue weighted by molar-refractivity contribution is -0.133. The van der Waals surface area contributed by atoms with Crippen LogP contribution in [0.2, 0.25) is 0 Å². The molecule has 2 N–H and O–H groups in total. The average molecular weight is 371 g/mol. The molecule has 0 heterocycles. The Hall–Kier alpha value is 0.400. The molecule has 126 valence electrons. The third-order valence-electron chi connectivity index (χ3n) is 8.57. The van der Waals surface area contributed by atoms with E-state index in [0.717, 1.165) is 37.0 Å². The van der Waals surface area contributed by atoms with Crippen LogP contribution >= 0.6 is 15.9 Å². The Morgan fingerprint density at radius 1 is 0.864 bits per heavy atom. The van der Waals surface area contributed by atoms with Crippen molar-refractivity contribution in [1.29, 1.82) is 0 Å². The van der Waals surface area contributed by atoms with Crippen LogP contribution in [-0.4, -0.2) is 27.2 Å². The lowest BCUT2D eigenvalue weighted by atomic mass is 9.45. The monoisotopic (exact) mass is 370 g/mol. The van der Waals surface area contributed by atoms with Crippen molar-refractivity contribution in [2.24, 2.45) is 34.5 Å². The van der Waals surface area contributed by atoms with Gasteiger partial charge in [-0.15, -0.1) is 0 Å². The van der Waals surface area contributed by atoms with Crippen LogP contribution in [0, 0.1) is 34.5 Å². The van der Waals surface area contributed by atoms with Gasteiger partial charge in [-0.25, -0.2) is 0 Å². The number of rotatable bonds is 0. The molecule has 0 spiro atoms. The molecule has 4 unspecified atom stereocenters. The summed E-state index contributed by atoms with van der Waals surface area (Å²) in [7, 11) is 0. The van der Waals surface area contributed by atoms with E-state index in [-0.39, 0.29) is 17.6 Å². The summed E-state index contributed by atoms with van der Waals surface area (Å²) in [6.45, 7) is 4.87. The van der Waals surface area contributed by atoms with E-state index >= 15 is 0 Å². The summed E-state index contributed by atoms with van der Waals surface area (Å²) in [4.78, 5) is 0.292. The molecule has 4 rings (SSSR count). The maximum Gasteiger partial charge on any atom is 0.0721 e. The summed E-state index contributed by atoms with van der Waals surface area (Å²) in [6.07, 6.45) is 9.28. The maximum absolute atomic E-state index is 10.7. The van der Waals surface area contributed by atoms with E-state index in [1.54, 1.807) is 0 Å². The Labute approximate surface area is 143 Å². The molecule has 2 nitrogen and oxygen atoms in total. The van der Waals surface area contributed by atoms with Gasteiger partial charge in [0.05, 0.1) is 12.2 Å². The van der Waals surface area contributed by atoms with Gasteiger partial charge in [0.1, 0.15) is 0 Å². The molecule has 0 bridgehead atoms. The molecular weight excluding hydrogens is 340 g/mol. The second kappa shape index (κ2) is 5.20. The zero-order valence-electron chi connectivity index (χ0n) is 14.0. The molecule has 9 atom stereocenters. The number of hydrogen-bond acceptors (Lipinski definition) is 2. The van der Waals surface area contributed by atoms with Gasteiger partial charge in [0.2, 0.25) is 0 Å². The molecule has 0 saturated heterocycles. The molecule has 0 aromatic carbocycles. The highest BCUT2D eigenvalue weighted by Gasteiger charge is 2.61. The van der Waals surface area contributed by atoms with E-state index in [2.05, 4.69) is 29.8 Å². The summed E-state index contributed by atoms with van der Waals surface area (Å²) >= 11 is 3.75. The molecular formula is C19H31BrO2. The summed E-state index contributed by atoms with van der Waals surface area (Å²) in [5.41, 5.74) is 0.575. The number of fused-ring (bicyclic) bond motifs is 5. The Kier molecular flexibility index (Phi) is 3.76. The Bertz CT molecular complexity index is 455. The number of halogens is 1. The van der Waals surface area contributed by atoms with Gasteiger partial charge in [-0.3, -0.25) is 0 Å². The van der Waals surface area contributed by atoms with E-state index in [4.69, 9.17) is 0 Å². The van der Waals surface area contributed by atoms with Crippen LogP contribution in [0.15, 0.2) is 0 Å². The maximum atomic E-state index is 10.7. The van der Waals surface area contributed by atoms with Crippen LogP contribution in [-0.2, 0) is 0 Å². The SMILES string of the molecule is C[C@]12CCC(O)CC1CC[C@@H]1[C@H]2CC[C@]2(C)C(O)C(Br)C[C@@H]12. The minimum atomic E-state index is -0.169. The van der Waals surface area contributed by atoms with E-state index in [9.17, 15) is 10.2 Å². The number of hydrogen-bond donors (Lipinski definition) is 2. The van der Waals surface area contributed by atoms with Gasteiger partial charge in [0.25, 0.3) is 0 Å². The summed E-state index contributed by atoms with van der Waals surface area (Å²) < 4.78 is 0. The van der Waals surface area contributed by atoms with Crippen LogP contribution in [0.5, 0.6) is 0 Å². The predicted molar refractivity (Wildman–Crippen MR) is 91.8 cm³/mol. The molecule has 4 saturated carbocycles. The Balaban J connectivity index is 1.63. The average Bonchev–Trinajstić information content (AvgIpc) is 2.72. The van der Waals surface area contributed by atoms with Gasteiger partial charge in [0, 0.05) is 4.83 Å². The van der Waals surface area contributed by atoms with Crippen LogP contribution in [0.4, 0.5) is 0 Å². The van der Waals surface area contributed by atoms with Crippen molar-refractivity contribution >= 4 is 15.9 Å². The van der Waals surface area contributed by atoms with Crippen molar-refractivity contribution < 1.29 is 10.2 Å². The van der Waals surface area contributed by atoms with Crippen molar-refractivity contribution in [2.75, 3.05) is 0 Å². The fourth-order valence-corrected chi connectivity index (χ4v) is 8.19. The smallest absolute Gasteiger partial charge is 0.0721 e. The van der Waals surface area contributed by atoms with E-state index < -0.39 is 0 Å². The highest BCUT2D eigenvalue weighted by Crippen LogP contribution is 2.66. The van der Waals surface area contributed by atoms with Crippen molar-refractivity contribution in [3.63, 3.8) is 0 Å². The molecule has 0 amide bonds. The lowest BCUT2D eigenvalue weighted by Crippen LogP contribution is -2.54. The summed E-state index contributed by atoms with van der Waals surface area (Å²) in [5, 5.41) is 20.8. The first kappa shape index (κ1) is 15.9. The van der Waals surface area contributed by atoms with Gasteiger partial charge in [-0.2, -0.15) is 0 Å². The molecule has 4 aliphatic carbocycles. The second-order valence-corrected chi connectivity index (χ2v) is 10.5. The standard InChI is InChI=1S/C19H31BrO2/c1-18-7-5-12(21)9-11(18)3-4-13-14(18)6-8-19(2)15(13)10-16(20)17(19)22/h11-17,21-22H,3-10H2,1-2H3/t11?,12?,13-,14-,15+,16?,17?,18+,19+/m1/s1. The Morgan fingerprint density at radius 3 is 2.36 bits per heavy atom. The molecule has 4 aliphatic rings. The third kappa shape index (κ3) is 2.04. The minimum absolute atomic E-state index is 0.0521. The second-order valence-electron chi connectivity index (χ2n) is 9.33. The van der Waals surface area contributed by atoms with Crippen molar-refractivity contribution in [3.05, 3.63) is 0 Å². The van der Waals surface area contributed by atoms with Crippen LogP contribution in [0.25, 0.3) is 0 Å². The molecule has 3 heteroatoms. The predicted octanol–water partition coefficient (Wildman–Crippen LogP) is 4.12. The Morgan fingerprint density at radius 2 is 1.59 bits per heavy atom. The number of aliphatic hydroxyl groups is 2. The van der Waals surface area contributed by atoms with Crippen LogP contribution in [0.3, 0.4) is 0 Å². The summed E-state index contributed by atoms with van der Waals surface area (Å²) in [6, 6.07) is 0. The molecule has 0 aromatic heterocycles. The van der Waals surface area contributed by atoms with E-state index in [1.165, 1.54) is 32.1 Å². The van der Waals surface area contributed by atoms with Crippen molar-refractivity contribution in [1.82, 2.24) is 0 Å². The van der Waals surface area contributed by atoms with Gasteiger partial charge < -0.3 is 10.2 Å². The molecule has 0 aromatic rings. The molecule has 0 aliphatic heterocycles. The number of alkyl halides is 1. The van der Waals surface area contributed by atoms with Gasteiger partial charge >= 0.3 is 0 Å². The highest BCUT2D eigenvalue weighted by atomic mass is 79.9. The quantitative estimate of drug-likeness (QED) is 0.629. The first-order valence-corrected chi connectivity index (χ1v) is 10.3. The normalized spacial score (nSPS) is 61.2. The topological polar surface area (TPSA) is 40.5 Å². The van der Waals surface area contributed by atoms with Crippen LogP contribution in [0.1, 0.15) is 65.2 Å². The molecule has 22 heavy (non-hydrogen) atoms. The minimum Gasteiger partial charge on any atom is -0.393 e. The molecule has 0 radical (unpaired) electrons. The number of aliphatic hydroxyl groups excluding tert-OH is 2. The van der Waals surface area contributed by atoms with E-state index in [0.29, 0.717) is 16.2 Å². The third-order valence-corrected chi connectivity index (χ3v) is 9.45. The first-order valence-electron chi connectivity index (χ1n) is 9.36. The summed E-state index contributed by atoms with van der Waals surface area (Å²) in [5.74, 6) is 3.04. The van der Waals surface area contributed by atoms with Crippen LogP contribution < -0.4 is 0 Å². The first-order chi connectivity index (χ1) is 10.4. The van der Waals surface area contributed by atoms with Gasteiger partial charge in [0.15, 0.2) is 0 Å². The molecule has 4 fully saturated rings. The lowest BCUT2D eigenvalue weighted by Gasteiger charge is -2.60. The van der Waals surface area contributed by atoms with Gasteiger partial charge in [-0.1, -0.05) is 29.8 Å².